The molecule has 2 atom stereocenters. The van der Waals surface area contributed by atoms with Crippen LogP contribution in [0.25, 0.3) is 0 Å². The molecule has 0 heterocycles. The van der Waals surface area contributed by atoms with Crippen LogP contribution in [0, 0.1) is 22.7 Å². The van der Waals surface area contributed by atoms with Crippen molar-refractivity contribution in [2.24, 2.45) is 22.7 Å². The Morgan fingerprint density at radius 3 is 1.91 bits per heavy atom. The average molecular weight is 301 g/mol. The highest BCUT2D eigenvalue weighted by molar-refractivity contribution is 5.46. The lowest BCUT2D eigenvalue weighted by Gasteiger charge is -2.30. The molecule has 0 spiro atoms. The summed E-state index contributed by atoms with van der Waals surface area (Å²) in [6.45, 7) is 22.9. The van der Waals surface area contributed by atoms with Gasteiger partial charge < -0.3 is 0 Å². The SMILES string of the molecule is CC1=C(C)C(C)C(CC(C=C=CC(C)(C)C)C(C)(C)C)=C1C. The second kappa shape index (κ2) is 6.63. The van der Waals surface area contributed by atoms with Crippen molar-refractivity contribution < 1.29 is 0 Å². The van der Waals surface area contributed by atoms with Crippen LogP contribution in [0.1, 0.15) is 75.7 Å². The fraction of sp³-hybridized carbons (Fsp3) is 0.682. The zero-order valence-corrected chi connectivity index (χ0v) is 16.5. The Labute approximate surface area is 139 Å². The van der Waals surface area contributed by atoms with Gasteiger partial charge in [0.1, 0.15) is 0 Å². The molecule has 0 aromatic rings. The lowest BCUT2D eigenvalue weighted by Crippen LogP contribution is -2.20. The average Bonchev–Trinajstić information content (AvgIpc) is 2.52. The summed E-state index contributed by atoms with van der Waals surface area (Å²) in [5, 5.41) is 0. The van der Waals surface area contributed by atoms with E-state index in [0.717, 1.165) is 6.42 Å². The molecule has 1 aliphatic rings. The predicted molar refractivity (Wildman–Crippen MR) is 99.9 cm³/mol. The Balaban J connectivity index is 3.06. The van der Waals surface area contributed by atoms with Crippen LogP contribution in [-0.2, 0) is 0 Å². The first-order valence-electron chi connectivity index (χ1n) is 8.65. The normalized spacial score (nSPS) is 21.1. The molecule has 0 aromatic carbocycles. The van der Waals surface area contributed by atoms with E-state index in [1.165, 1.54) is 11.1 Å². The minimum atomic E-state index is 0.198. The first kappa shape index (κ1) is 19.0. The van der Waals surface area contributed by atoms with E-state index in [1.807, 2.05) is 0 Å². The molecule has 22 heavy (non-hydrogen) atoms. The van der Waals surface area contributed by atoms with Crippen molar-refractivity contribution in [1.82, 2.24) is 0 Å². The lowest BCUT2D eigenvalue weighted by atomic mass is 9.75. The molecule has 1 rings (SSSR count). The number of hydrogen-bond donors (Lipinski definition) is 0. The summed E-state index contributed by atoms with van der Waals surface area (Å²) in [5.74, 6) is 1.13. The molecular weight excluding hydrogens is 264 g/mol. The first-order chi connectivity index (χ1) is 9.84. The third kappa shape index (κ3) is 4.75. The third-order valence-electron chi connectivity index (χ3n) is 5.17. The highest BCUT2D eigenvalue weighted by Gasteiger charge is 2.29. The Bertz CT molecular complexity index is 532. The maximum absolute atomic E-state index is 3.47. The fourth-order valence-electron chi connectivity index (χ4n) is 3.04. The molecule has 0 aliphatic heterocycles. The van der Waals surface area contributed by atoms with Crippen LogP contribution in [0.3, 0.4) is 0 Å². The Morgan fingerprint density at radius 2 is 1.55 bits per heavy atom. The molecule has 0 N–H and O–H groups in total. The predicted octanol–water partition coefficient (Wildman–Crippen LogP) is 7.10. The number of hydrogen-bond acceptors (Lipinski definition) is 0. The maximum Gasteiger partial charge on any atom is -0.00123 e. The van der Waals surface area contributed by atoms with Crippen LogP contribution in [-0.4, -0.2) is 0 Å². The van der Waals surface area contributed by atoms with Crippen LogP contribution >= 0.6 is 0 Å². The van der Waals surface area contributed by atoms with Gasteiger partial charge in [-0.05, 0) is 73.2 Å². The van der Waals surface area contributed by atoms with Crippen molar-refractivity contribution in [2.75, 3.05) is 0 Å². The van der Waals surface area contributed by atoms with Gasteiger partial charge in [-0.25, -0.2) is 0 Å². The molecule has 0 saturated heterocycles. The zero-order chi connectivity index (χ0) is 17.3. The summed E-state index contributed by atoms with van der Waals surface area (Å²) >= 11 is 0. The molecular formula is C22H36. The zero-order valence-electron chi connectivity index (χ0n) is 16.5. The van der Waals surface area contributed by atoms with E-state index in [-0.39, 0.29) is 10.8 Å². The van der Waals surface area contributed by atoms with Crippen LogP contribution in [0.4, 0.5) is 0 Å². The van der Waals surface area contributed by atoms with Crippen LogP contribution < -0.4 is 0 Å². The Hall–Kier alpha value is -1.00. The van der Waals surface area contributed by atoms with Crippen molar-refractivity contribution >= 4 is 0 Å². The minimum Gasteiger partial charge on any atom is -0.129 e. The van der Waals surface area contributed by atoms with E-state index in [0.29, 0.717) is 11.8 Å². The molecule has 2 unspecified atom stereocenters. The third-order valence-corrected chi connectivity index (χ3v) is 5.17. The molecule has 0 aromatic heterocycles. The van der Waals surface area contributed by atoms with Gasteiger partial charge in [0.2, 0.25) is 0 Å². The lowest BCUT2D eigenvalue weighted by molar-refractivity contribution is 0.287. The second-order valence-corrected chi connectivity index (χ2v) is 9.20. The van der Waals surface area contributed by atoms with Gasteiger partial charge in [-0.3, -0.25) is 0 Å². The van der Waals surface area contributed by atoms with E-state index >= 15 is 0 Å². The Kier molecular flexibility index (Phi) is 5.74. The quantitative estimate of drug-likeness (QED) is 0.488. The summed E-state index contributed by atoms with van der Waals surface area (Å²) in [4.78, 5) is 0. The van der Waals surface area contributed by atoms with Crippen LogP contribution in [0.5, 0.6) is 0 Å². The summed E-state index contributed by atoms with van der Waals surface area (Å²) in [6.07, 6.45) is 5.65. The van der Waals surface area contributed by atoms with Gasteiger partial charge >= 0.3 is 0 Å². The van der Waals surface area contributed by atoms with E-state index in [9.17, 15) is 0 Å². The van der Waals surface area contributed by atoms with Gasteiger partial charge in [-0.15, -0.1) is 5.73 Å². The summed E-state index contributed by atoms with van der Waals surface area (Å²) in [5.41, 5.74) is 10.1. The highest BCUT2D eigenvalue weighted by Crippen LogP contribution is 2.43. The van der Waals surface area contributed by atoms with Crippen molar-refractivity contribution in [3.05, 3.63) is 40.2 Å². The monoisotopic (exact) mass is 300 g/mol. The number of allylic oxidation sites excluding steroid dienone is 5. The highest BCUT2D eigenvalue weighted by atomic mass is 14.3. The van der Waals surface area contributed by atoms with Gasteiger partial charge in [-0.1, -0.05) is 59.6 Å². The van der Waals surface area contributed by atoms with Crippen LogP contribution in [0.15, 0.2) is 40.2 Å². The van der Waals surface area contributed by atoms with Gasteiger partial charge in [0.05, 0.1) is 0 Å². The van der Waals surface area contributed by atoms with Crippen molar-refractivity contribution in [3.63, 3.8) is 0 Å². The standard InChI is InChI=1S/C22H36/c1-15-16(2)18(4)20(17(15)3)14-19(22(8,9)10)12-11-13-21(5,6)7/h12-13,17,19H,14H2,1-10H3. The molecule has 0 fully saturated rings. The smallest absolute Gasteiger partial charge is 0.00123 e. The van der Waals surface area contributed by atoms with Crippen LogP contribution in [0.2, 0.25) is 0 Å². The molecule has 0 amide bonds. The van der Waals surface area contributed by atoms with Crippen molar-refractivity contribution in [3.8, 4) is 0 Å². The van der Waals surface area contributed by atoms with Gasteiger partial charge in [0.15, 0.2) is 0 Å². The molecule has 0 saturated carbocycles. The van der Waals surface area contributed by atoms with E-state index in [1.54, 1.807) is 11.1 Å². The van der Waals surface area contributed by atoms with E-state index in [4.69, 9.17) is 0 Å². The van der Waals surface area contributed by atoms with Gasteiger partial charge in [0.25, 0.3) is 0 Å². The maximum atomic E-state index is 3.47. The topological polar surface area (TPSA) is 0 Å². The minimum absolute atomic E-state index is 0.198. The second-order valence-electron chi connectivity index (χ2n) is 9.20. The molecule has 0 heteroatoms. The summed E-state index contributed by atoms with van der Waals surface area (Å²) < 4.78 is 0. The Morgan fingerprint density at radius 1 is 1.00 bits per heavy atom. The summed E-state index contributed by atoms with van der Waals surface area (Å²) in [7, 11) is 0. The fourth-order valence-corrected chi connectivity index (χ4v) is 3.04. The molecule has 0 bridgehead atoms. The molecule has 124 valence electrons. The van der Waals surface area contributed by atoms with Crippen molar-refractivity contribution in [2.45, 2.75) is 75.7 Å². The van der Waals surface area contributed by atoms with E-state index in [2.05, 4.69) is 87.1 Å². The van der Waals surface area contributed by atoms with Gasteiger partial charge in [0, 0.05) is 0 Å². The summed E-state index contributed by atoms with van der Waals surface area (Å²) in [6, 6.07) is 0. The van der Waals surface area contributed by atoms with E-state index < -0.39 is 0 Å². The van der Waals surface area contributed by atoms with Crippen molar-refractivity contribution in [1.29, 1.82) is 0 Å². The molecule has 0 radical (unpaired) electrons. The number of rotatable bonds is 3. The largest absolute Gasteiger partial charge is 0.129 e. The molecule has 0 nitrogen and oxygen atoms in total. The first-order valence-corrected chi connectivity index (χ1v) is 8.65. The van der Waals surface area contributed by atoms with Gasteiger partial charge in [-0.2, -0.15) is 0 Å². The molecule has 1 aliphatic carbocycles.